The molecule has 4 rings (SSSR count). The van der Waals surface area contributed by atoms with Crippen LogP contribution in [0.2, 0.25) is 5.02 Å². The van der Waals surface area contributed by atoms with Crippen LogP contribution in [0.25, 0.3) is 10.9 Å². The molecule has 0 radical (unpaired) electrons. The number of hydrogen-bond acceptors (Lipinski definition) is 5. The number of halogens is 1. The van der Waals surface area contributed by atoms with Gasteiger partial charge in [0.05, 0.1) is 17.8 Å². The molecule has 134 valence electrons. The number of anilines is 1. The SMILES string of the molecule is CN1C(=O)C[C@@H](CNc2ncnc3cc(Cl)ccc23)[C@@H]1c1cnn(C)c1. The maximum Gasteiger partial charge on any atom is 0.223 e. The van der Waals surface area contributed by atoms with E-state index in [9.17, 15) is 4.79 Å². The molecule has 3 heterocycles. The van der Waals surface area contributed by atoms with Gasteiger partial charge in [-0.3, -0.25) is 9.48 Å². The Morgan fingerprint density at radius 2 is 2.15 bits per heavy atom. The number of rotatable bonds is 4. The number of benzene rings is 1. The van der Waals surface area contributed by atoms with Gasteiger partial charge in [-0.25, -0.2) is 9.97 Å². The fourth-order valence-corrected chi connectivity index (χ4v) is 3.79. The molecule has 0 saturated carbocycles. The van der Waals surface area contributed by atoms with Gasteiger partial charge in [0, 0.05) is 55.1 Å². The van der Waals surface area contributed by atoms with Gasteiger partial charge >= 0.3 is 0 Å². The number of carbonyl (C=O) groups excluding carboxylic acids is 1. The van der Waals surface area contributed by atoms with Crippen molar-refractivity contribution >= 4 is 34.2 Å². The normalized spacial score (nSPS) is 20.1. The lowest BCUT2D eigenvalue weighted by Crippen LogP contribution is -2.26. The first kappa shape index (κ1) is 16.8. The average Bonchev–Trinajstić information content (AvgIpc) is 3.16. The second kappa shape index (κ2) is 6.57. The lowest BCUT2D eigenvalue weighted by atomic mass is 9.95. The summed E-state index contributed by atoms with van der Waals surface area (Å²) in [5.74, 6) is 1.03. The van der Waals surface area contributed by atoms with Gasteiger partial charge in [-0.05, 0) is 18.2 Å². The van der Waals surface area contributed by atoms with Crippen LogP contribution in [-0.4, -0.2) is 44.1 Å². The van der Waals surface area contributed by atoms with Crippen LogP contribution >= 0.6 is 11.6 Å². The van der Waals surface area contributed by atoms with Gasteiger partial charge in [0.2, 0.25) is 5.91 Å². The van der Waals surface area contributed by atoms with Crippen LogP contribution in [0, 0.1) is 5.92 Å². The summed E-state index contributed by atoms with van der Waals surface area (Å²) in [6.07, 6.45) is 5.81. The monoisotopic (exact) mass is 370 g/mol. The number of nitrogens with one attached hydrogen (secondary N) is 1. The van der Waals surface area contributed by atoms with Crippen molar-refractivity contribution in [2.24, 2.45) is 13.0 Å². The van der Waals surface area contributed by atoms with Crippen molar-refractivity contribution in [2.75, 3.05) is 18.9 Å². The molecule has 3 aromatic rings. The largest absolute Gasteiger partial charge is 0.369 e. The van der Waals surface area contributed by atoms with Crippen molar-refractivity contribution in [1.29, 1.82) is 0 Å². The maximum atomic E-state index is 12.3. The number of nitrogens with zero attached hydrogens (tertiary/aromatic N) is 5. The summed E-state index contributed by atoms with van der Waals surface area (Å²) in [6.45, 7) is 0.629. The quantitative estimate of drug-likeness (QED) is 0.764. The predicted molar refractivity (Wildman–Crippen MR) is 99.9 cm³/mol. The van der Waals surface area contributed by atoms with Crippen LogP contribution in [-0.2, 0) is 11.8 Å². The van der Waals surface area contributed by atoms with E-state index in [0.29, 0.717) is 18.0 Å². The fourth-order valence-electron chi connectivity index (χ4n) is 3.62. The third kappa shape index (κ3) is 2.99. The lowest BCUT2D eigenvalue weighted by molar-refractivity contribution is -0.127. The molecule has 1 amide bonds. The third-order valence-corrected chi connectivity index (χ3v) is 5.13. The number of likely N-dealkylation sites (tertiary alicyclic amines) is 1. The predicted octanol–water partition coefficient (Wildman–Crippen LogP) is 2.65. The number of carbonyl (C=O) groups is 1. The molecule has 2 aromatic heterocycles. The molecule has 2 atom stereocenters. The van der Waals surface area contributed by atoms with Gasteiger partial charge in [-0.1, -0.05) is 11.6 Å². The zero-order valence-electron chi connectivity index (χ0n) is 14.6. The summed E-state index contributed by atoms with van der Waals surface area (Å²) in [4.78, 5) is 22.7. The topological polar surface area (TPSA) is 75.9 Å². The molecule has 1 saturated heterocycles. The van der Waals surface area contributed by atoms with Gasteiger partial charge in [0.15, 0.2) is 0 Å². The smallest absolute Gasteiger partial charge is 0.223 e. The Balaban J connectivity index is 1.58. The van der Waals surface area contributed by atoms with E-state index in [4.69, 9.17) is 11.6 Å². The molecular formula is C18H19ClN6O. The number of aryl methyl sites for hydroxylation is 1. The molecule has 7 nitrogen and oxygen atoms in total. The maximum absolute atomic E-state index is 12.3. The Kier molecular flexibility index (Phi) is 4.24. The average molecular weight is 371 g/mol. The van der Waals surface area contributed by atoms with Gasteiger partial charge in [-0.15, -0.1) is 0 Å². The second-order valence-corrected chi connectivity index (χ2v) is 7.06. The van der Waals surface area contributed by atoms with Gasteiger partial charge < -0.3 is 10.2 Å². The molecule has 1 aliphatic rings. The second-order valence-electron chi connectivity index (χ2n) is 6.63. The first-order valence-electron chi connectivity index (χ1n) is 8.41. The van der Waals surface area contributed by atoms with Crippen molar-refractivity contribution in [3.8, 4) is 0 Å². The Morgan fingerprint density at radius 3 is 2.92 bits per heavy atom. The molecule has 8 heteroatoms. The van der Waals surface area contributed by atoms with Crippen molar-refractivity contribution in [3.63, 3.8) is 0 Å². The van der Waals surface area contributed by atoms with Gasteiger partial charge in [0.25, 0.3) is 0 Å². The molecule has 0 bridgehead atoms. The molecule has 1 N–H and O–H groups in total. The molecule has 1 aromatic carbocycles. The van der Waals surface area contributed by atoms with E-state index in [1.54, 1.807) is 9.58 Å². The number of fused-ring (bicyclic) bond motifs is 1. The summed E-state index contributed by atoms with van der Waals surface area (Å²) in [6, 6.07) is 5.55. The molecule has 1 fully saturated rings. The molecule has 26 heavy (non-hydrogen) atoms. The van der Waals surface area contributed by atoms with Crippen molar-refractivity contribution < 1.29 is 4.79 Å². The van der Waals surface area contributed by atoms with Crippen LogP contribution in [0.5, 0.6) is 0 Å². The summed E-state index contributed by atoms with van der Waals surface area (Å²) in [5, 5.41) is 9.19. The van der Waals surface area contributed by atoms with Crippen LogP contribution in [0.4, 0.5) is 5.82 Å². The first-order valence-corrected chi connectivity index (χ1v) is 8.79. The summed E-state index contributed by atoms with van der Waals surface area (Å²) < 4.78 is 1.76. The first-order chi connectivity index (χ1) is 12.5. The van der Waals surface area contributed by atoms with Crippen LogP contribution < -0.4 is 5.32 Å². The Hall–Kier alpha value is -2.67. The van der Waals surface area contributed by atoms with E-state index in [-0.39, 0.29) is 17.9 Å². The Bertz CT molecular complexity index is 971. The van der Waals surface area contributed by atoms with E-state index in [1.807, 2.05) is 44.7 Å². The number of hydrogen-bond donors (Lipinski definition) is 1. The summed E-state index contributed by atoms with van der Waals surface area (Å²) >= 11 is 6.04. The van der Waals surface area contributed by atoms with E-state index < -0.39 is 0 Å². The zero-order chi connectivity index (χ0) is 18.3. The van der Waals surface area contributed by atoms with Crippen molar-refractivity contribution in [2.45, 2.75) is 12.5 Å². The lowest BCUT2D eigenvalue weighted by Gasteiger charge is -2.24. The minimum atomic E-state index is 0.00578. The molecule has 0 spiro atoms. The van der Waals surface area contributed by atoms with E-state index in [1.165, 1.54) is 6.33 Å². The van der Waals surface area contributed by atoms with Crippen LogP contribution in [0.15, 0.2) is 36.9 Å². The zero-order valence-corrected chi connectivity index (χ0v) is 15.3. The number of aromatic nitrogens is 4. The number of amides is 1. The van der Waals surface area contributed by atoms with E-state index >= 15 is 0 Å². The highest BCUT2D eigenvalue weighted by atomic mass is 35.5. The highest BCUT2D eigenvalue weighted by Crippen LogP contribution is 2.37. The third-order valence-electron chi connectivity index (χ3n) is 4.89. The van der Waals surface area contributed by atoms with Crippen molar-refractivity contribution in [1.82, 2.24) is 24.6 Å². The minimum Gasteiger partial charge on any atom is -0.369 e. The standard InChI is InChI=1S/C18H19ClN6O/c1-24-9-12(8-23-24)17-11(5-16(26)25(17)2)7-20-18-14-4-3-13(19)6-15(14)21-10-22-18/h3-4,6,8-11,17H,5,7H2,1-2H3,(H,20,21,22)/t11-,17+/m0/s1. The minimum absolute atomic E-state index is 0.00578. The van der Waals surface area contributed by atoms with Gasteiger partial charge in [-0.2, -0.15) is 5.10 Å². The molecular weight excluding hydrogens is 352 g/mol. The van der Waals surface area contributed by atoms with Crippen molar-refractivity contribution in [3.05, 3.63) is 47.5 Å². The summed E-state index contributed by atoms with van der Waals surface area (Å²) in [5.41, 5.74) is 1.84. The highest BCUT2D eigenvalue weighted by Gasteiger charge is 2.38. The van der Waals surface area contributed by atoms with E-state index in [2.05, 4.69) is 20.4 Å². The van der Waals surface area contributed by atoms with E-state index in [0.717, 1.165) is 22.3 Å². The van der Waals surface area contributed by atoms with Gasteiger partial charge in [0.1, 0.15) is 12.1 Å². The fraction of sp³-hybridized carbons (Fsp3) is 0.333. The highest BCUT2D eigenvalue weighted by molar-refractivity contribution is 6.31. The van der Waals surface area contributed by atoms with Crippen LogP contribution in [0.3, 0.4) is 0 Å². The molecule has 0 aliphatic carbocycles. The molecule has 0 unspecified atom stereocenters. The summed E-state index contributed by atoms with van der Waals surface area (Å²) in [7, 11) is 3.73. The van der Waals surface area contributed by atoms with Crippen LogP contribution in [0.1, 0.15) is 18.0 Å². The Morgan fingerprint density at radius 1 is 1.31 bits per heavy atom. The Labute approximate surface area is 156 Å². The molecule has 1 aliphatic heterocycles.